The van der Waals surface area contributed by atoms with Gasteiger partial charge in [0.15, 0.2) is 0 Å². The summed E-state index contributed by atoms with van der Waals surface area (Å²) in [5.41, 5.74) is 2.82. The number of hydrogen-bond donors (Lipinski definition) is 2. The monoisotopic (exact) mass is 300 g/mol. The summed E-state index contributed by atoms with van der Waals surface area (Å²) in [7, 11) is 1.71. The Bertz CT molecular complexity index is 593. The zero-order valence-electron chi connectivity index (χ0n) is 13.2. The molecule has 4 heteroatoms. The van der Waals surface area contributed by atoms with Crippen LogP contribution in [0.5, 0.6) is 5.75 Å². The first kappa shape index (κ1) is 14.1. The van der Waals surface area contributed by atoms with Crippen LogP contribution in [-0.4, -0.2) is 26.1 Å². The third kappa shape index (κ3) is 2.21. The molecule has 2 atom stereocenters. The molecule has 1 aromatic rings. The number of rotatable bonds is 3. The van der Waals surface area contributed by atoms with Crippen molar-refractivity contribution in [2.45, 2.75) is 38.1 Å². The van der Waals surface area contributed by atoms with E-state index in [0.29, 0.717) is 5.41 Å². The zero-order chi connectivity index (χ0) is 15.2. The number of carbonyl (C=O) groups excluding carboxylic acids is 1. The second kappa shape index (κ2) is 5.27. The van der Waals surface area contributed by atoms with Crippen LogP contribution in [0.4, 0.5) is 0 Å². The fraction of sp³-hybridized carbons (Fsp3) is 0.611. The predicted molar refractivity (Wildman–Crippen MR) is 84.8 cm³/mol. The summed E-state index contributed by atoms with van der Waals surface area (Å²) >= 11 is 0. The largest absolute Gasteiger partial charge is 0.496 e. The van der Waals surface area contributed by atoms with E-state index in [1.165, 1.54) is 11.1 Å². The van der Waals surface area contributed by atoms with Gasteiger partial charge in [-0.25, -0.2) is 0 Å². The number of carbonyl (C=O) groups is 1. The summed E-state index contributed by atoms with van der Waals surface area (Å²) in [4.78, 5) is 12.6. The van der Waals surface area contributed by atoms with E-state index in [9.17, 15) is 4.79 Å². The molecule has 0 radical (unpaired) electrons. The van der Waals surface area contributed by atoms with Gasteiger partial charge in [-0.15, -0.1) is 0 Å². The summed E-state index contributed by atoms with van der Waals surface area (Å²) in [6.07, 6.45) is 5.37. The minimum Gasteiger partial charge on any atom is -0.496 e. The highest BCUT2D eigenvalue weighted by Gasteiger charge is 2.57. The van der Waals surface area contributed by atoms with E-state index in [1.807, 2.05) is 12.1 Å². The molecular weight excluding hydrogens is 276 g/mol. The van der Waals surface area contributed by atoms with Crippen molar-refractivity contribution in [3.05, 3.63) is 29.3 Å². The molecule has 0 aromatic heterocycles. The van der Waals surface area contributed by atoms with Crippen LogP contribution in [0, 0.1) is 11.3 Å². The normalized spacial score (nSPS) is 28.2. The van der Waals surface area contributed by atoms with E-state index >= 15 is 0 Å². The fourth-order valence-electron chi connectivity index (χ4n) is 4.43. The molecule has 1 aliphatic heterocycles. The number of fused-ring (bicyclic) bond motifs is 1. The van der Waals surface area contributed by atoms with E-state index in [0.717, 1.165) is 50.9 Å². The molecule has 2 fully saturated rings. The molecule has 3 aliphatic rings. The Kier molecular flexibility index (Phi) is 3.37. The topological polar surface area (TPSA) is 50.4 Å². The molecule has 1 spiro atoms. The number of amides is 1. The van der Waals surface area contributed by atoms with E-state index in [2.05, 4.69) is 16.7 Å². The summed E-state index contributed by atoms with van der Waals surface area (Å²) < 4.78 is 5.44. The quantitative estimate of drug-likeness (QED) is 0.899. The highest BCUT2D eigenvalue weighted by atomic mass is 16.5. The minimum atomic E-state index is 0.164. The van der Waals surface area contributed by atoms with Crippen molar-refractivity contribution in [2.75, 3.05) is 20.2 Å². The first-order valence-corrected chi connectivity index (χ1v) is 8.40. The Hall–Kier alpha value is -1.55. The Balaban J connectivity index is 1.45. The van der Waals surface area contributed by atoms with Crippen LogP contribution < -0.4 is 15.4 Å². The molecule has 1 saturated heterocycles. The van der Waals surface area contributed by atoms with Crippen molar-refractivity contribution in [3.8, 4) is 5.75 Å². The Morgan fingerprint density at radius 3 is 2.95 bits per heavy atom. The van der Waals surface area contributed by atoms with Gasteiger partial charge < -0.3 is 15.4 Å². The van der Waals surface area contributed by atoms with Crippen molar-refractivity contribution in [1.82, 2.24) is 10.6 Å². The second-order valence-corrected chi connectivity index (χ2v) is 7.00. The molecule has 1 aromatic carbocycles. The van der Waals surface area contributed by atoms with Crippen molar-refractivity contribution < 1.29 is 9.53 Å². The highest BCUT2D eigenvalue weighted by Crippen LogP contribution is 2.58. The smallest absolute Gasteiger partial charge is 0.224 e. The lowest BCUT2D eigenvalue weighted by atomic mass is 9.91. The summed E-state index contributed by atoms with van der Waals surface area (Å²) in [5, 5.41) is 6.70. The fourth-order valence-corrected chi connectivity index (χ4v) is 4.43. The van der Waals surface area contributed by atoms with Crippen LogP contribution in [0.2, 0.25) is 0 Å². The van der Waals surface area contributed by atoms with Crippen LogP contribution >= 0.6 is 0 Å². The van der Waals surface area contributed by atoms with Gasteiger partial charge in [-0.2, -0.15) is 0 Å². The Morgan fingerprint density at radius 2 is 2.18 bits per heavy atom. The van der Waals surface area contributed by atoms with Gasteiger partial charge in [0.1, 0.15) is 5.75 Å². The van der Waals surface area contributed by atoms with E-state index in [1.54, 1.807) is 7.11 Å². The summed E-state index contributed by atoms with van der Waals surface area (Å²) in [6.45, 7) is 2.13. The van der Waals surface area contributed by atoms with E-state index in [-0.39, 0.29) is 17.9 Å². The third-order valence-electron chi connectivity index (χ3n) is 5.87. The predicted octanol–water partition coefficient (Wildman–Crippen LogP) is 2.19. The number of piperidine rings is 1. The van der Waals surface area contributed by atoms with Gasteiger partial charge in [-0.3, -0.25) is 4.79 Å². The maximum Gasteiger partial charge on any atom is 0.224 e. The van der Waals surface area contributed by atoms with Crippen LogP contribution in [-0.2, 0) is 11.2 Å². The third-order valence-corrected chi connectivity index (χ3v) is 5.87. The number of nitrogens with one attached hydrogen (secondary N) is 2. The van der Waals surface area contributed by atoms with Crippen molar-refractivity contribution >= 4 is 5.91 Å². The van der Waals surface area contributed by atoms with E-state index < -0.39 is 0 Å². The van der Waals surface area contributed by atoms with Gasteiger partial charge in [0.25, 0.3) is 0 Å². The number of hydrogen-bond acceptors (Lipinski definition) is 3. The average Bonchev–Trinajstić information content (AvgIpc) is 3.08. The van der Waals surface area contributed by atoms with E-state index in [4.69, 9.17) is 4.74 Å². The number of methoxy groups -OCH3 is 1. The summed E-state index contributed by atoms with van der Waals surface area (Å²) in [6, 6.07) is 6.32. The van der Waals surface area contributed by atoms with Gasteiger partial charge in [0.2, 0.25) is 5.91 Å². The molecular formula is C18H24N2O2. The van der Waals surface area contributed by atoms with Crippen molar-refractivity contribution in [1.29, 1.82) is 0 Å². The lowest BCUT2D eigenvalue weighted by molar-refractivity contribution is -0.124. The standard InChI is InChI=1S/C18H24N2O2/c1-22-16-4-2-3-12-13(16)5-6-15(12)20-17(21)14-11-18(14)7-9-19-10-8-18/h2-4,14-15,19H,5-11H2,1H3,(H,20,21). The lowest BCUT2D eigenvalue weighted by Gasteiger charge is -2.24. The molecule has 2 N–H and O–H groups in total. The number of ether oxygens (including phenoxy) is 1. The maximum atomic E-state index is 12.6. The average molecular weight is 300 g/mol. The lowest BCUT2D eigenvalue weighted by Crippen LogP contribution is -2.34. The molecule has 118 valence electrons. The first-order valence-electron chi connectivity index (χ1n) is 8.40. The number of benzene rings is 1. The van der Waals surface area contributed by atoms with Crippen molar-refractivity contribution in [2.24, 2.45) is 11.3 Å². The van der Waals surface area contributed by atoms with Gasteiger partial charge >= 0.3 is 0 Å². The maximum absolute atomic E-state index is 12.6. The molecule has 22 heavy (non-hydrogen) atoms. The highest BCUT2D eigenvalue weighted by molar-refractivity contribution is 5.83. The molecule has 2 unspecified atom stereocenters. The van der Waals surface area contributed by atoms with Gasteiger partial charge in [-0.1, -0.05) is 12.1 Å². The Morgan fingerprint density at radius 1 is 1.36 bits per heavy atom. The molecule has 1 amide bonds. The SMILES string of the molecule is COc1cccc2c1CCC2NC(=O)C1CC12CCNCC2. The minimum absolute atomic E-state index is 0.164. The Labute approximate surface area is 131 Å². The zero-order valence-corrected chi connectivity index (χ0v) is 13.2. The van der Waals surface area contributed by atoms with Crippen molar-refractivity contribution in [3.63, 3.8) is 0 Å². The van der Waals surface area contributed by atoms with Gasteiger partial charge in [0.05, 0.1) is 13.2 Å². The molecule has 1 heterocycles. The van der Waals surface area contributed by atoms with Crippen LogP contribution in [0.3, 0.4) is 0 Å². The molecule has 4 rings (SSSR count). The van der Waals surface area contributed by atoms with Gasteiger partial charge in [0, 0.05) is 5.92 Å². The van der Waals surface area contributed by atoms with Gasteiger partial charge in [-0.05, 0) is 67.8 Å². The molecule has 2 aliphatic carbocycles. The molecule has 4 nitrogen and oxygen atoms in total. The van der Waals surface area contributed by atoms with Crippen LogP contribution in [0.25, 0.3) is 0 Å². The summed E-state index contributed by atoms with van der Waals surface area (Å²) in [5.74, 6) is 1.46. The van der Waals surface area contributed by atoms with Crippen LogP contribution in [0.15, 0.2) is 18.2 Å². The first-order chi connectivity index (χ1) is 10.7. The van der Waals surface area contributed by atoms with Crippen LogP contribution in [0.1, 0.15) is 42.9 Å². The molecule has 1 saturated carbocycles. The second-order valence-electron chi connectivity index (χ2n) is 7.00. The molecule has 0 bridgehead atoms.